The third-order valence-electron chi connectivity index (χ3n) is 4.67. The van der Waals surface area contributed by atoms with Gasteiger partial charge in [0.25, 0.3) is 0 Å². The number of hydrogen-bond acceptors (Lipinski definition) is 7. The van der Waals surface area contributed by atoms with E-state index >= 15 is 0 Å². The Bertz CT molecular complexity index is 966. The van der Waals surface area contributed by atoms with Gasteiger partial charge in [-0.3, -0.25) is 4.79 Å². The van der Waals surface area contributed by atoms with Crippen LogP contribution in [0, 0.1) is 6.92 Å². The number of aromatic nitrogens is 3. The summed E-state index contributed by atoms with van der Waals surface area (Å²) in [6.07, 6.45) is 6.54. The van der Waals surface area contributed by atoms with Crippen LogP contribution < -0.4 is 10.2 Å². The Labute approximate surface area is 172 Å². The lowest BCUT2D eigenvalue weighted by molar-refractivity contribution is -0.113. The molecule has 0 aliphatic carbocycles. The van der Waals surface area contributed by atoms with Crippen LogP contribution in [0.2, 0.25) is 0 Å². The first-order valence-electron chi connectivity index (χ1n) is 9.55. The molecule has 146 valence electrons. The number of benzene rings is 1. The number of anilines is 2. The predicted molar refractivity (Wildman–Crippen MR) is 116 cm³/mol. The molecule has 1 amide bonds. The van der Waals surface area contributed by atoms with Crippen molar-refractivity contribution in [3.63, 3.8) is 0 Å². The molecule has 2 aromatic heterocycles. The van der Waals surface area contributed by atoms with Gasteiger partial charge in [-0.2, -0.15) is 4.98 Å². The lowest BCUT2D eigenvalue weighted by Crippen LogP contribution is -2.23. The second-order valence-corrected chi connectivity index (χ2v) is 8.88. The largest absolute Gasteiger partial charge is 0.348 e. The Hall–Kier alpha value is -2.19. The van der Waals surface area contributed by atoms with Crippen LogP contribution in [0.3, 0.4) is 0 Å². The first kappa shape index (κ1) is 19.1. The van der Waals surface area contributed by atoms with Crippen LogP contribution in [0.15, 0.2) is 35.6 Å². The number of amides is 1. The van der Waals surface area contributed by atoms with Gasteiger partial charge in [-0.15, -0.1) is 0 Å². The highest BCUT2D eigenvalue weighted by Gasteiger charge is 2.17. The van der Waals surface area contributed by atoms with Crippen LogP contribution in [0.5, 0.6) is 0 Å². The van der Waals surface area contributed by atoms with Crippen molar-refractivity contribution in [3.05, 3.63) is 36.2 Å². The third kappa shape index (κ3) is 4.62. The zero-order valence-corrected chi connectivity index (χ0v) is 17.5. The molecule has 28 heavy (non-hydrogen) atoms. The lowest BCUT2D eigenvalue weighted by atomic mass is 10.2. The van der Waals surface area contributed by atoms with Crippen molar-refractivity contribution < 1.29 is 4.79 Å². The molecule has 8 heteroatoms. The molecule has 0 atom stereocenters. The maximum Gasteiger partial charge on any atom is 0.234 e. The Kier molecular flexibility index (Phi) is 6.07. The summed E-state index contributed by atoms with van der Waals surface area (Å²) in [6, 6.07) is 7.80. The highest BCUT2D eigenvalue weighted by Crippen LogP contribution is 2.34. The van der Waals surface area contributed by atoms with E-state index < -0.39 is 0 Å². The number of aryl methyl sites for hydroxylation is 1. The molecule has 1 fully saturated rings. The van der Waals surface area contributed by atoms with Gasteiger partial charge in [0.05, 0.1) is 5.75 Å². The molecule has 3 heterocycles. The molecule has 0 radical (unpaired) electrons. The SMILES string of the molecule is Cc1cccc(NC(=O)CSc2ncnc3nc(N4CCCCCC4)sc23)c1. The Balaban J connectivity index is 1.45. The molecule has 0 bridgehead atoms. The summed E-state index contributed by atoms with van der Waals surface area (Å²) in [7, 11) is 0. The molecular formula is C20H23N5OS2. The molecular weight excluding hydrogens is 390 g/mol. The van der Waals surface area contributed by atoms with Gasteiger partial charge in [0.2, 0.25) is 5.91 Å². The topological polar surface area (TPSA) is 71.0 Å². The maximum atomic E-state index is 12.3. The zero-order chi connectivity index (χ0) is 19.3. The number of hydrogen-bond donors (Lipinski definition) is 1. The van der Waals surface area contributed by atoms with Crippen LogP contribution in [-0.2, 0) is 4.79 Å². The van der Waals surface area contributed by atoms with E-state index in [0.717, 1.165) is 44.8 Å². The molecule has 0 unspecified atom stereocenters. The van der Waals surface area contributed by atoms with E-state index in [4.69, 9.17) is 4.98 Å². The lowest BCUT2D eigenvalue weighted by Gasteiger charge is -2.18. The number of nitrogens with one attached hydrogen (secondary N) is 1. The molecule has 0 spiro atoms. The van der Waals surface area contributed by atoms with E-state index in [1.165, 1.54) is 43.8 Å². The van der Waals surface area contributed by atoms with Crippen molar-refractivity contribution in [2.24, 2.45) is 0 Å². The van der Waals surface area contributed by atoms with Gasteiger partial charge in [0.15, 0.2) is 10.8 Å². The van der Waals surface area contributed by atoms with Crippen LogP contribution in [-0.4, -0.2) is 39.7 Å². The van der Waals surface area contributed by atoms with Gasteiger partial charge in [-0.05, 0) is 37.5 Å². The predicted octanol–water partition coefficient (Wildman–Crippen LogP) is 4.51. The first-order valence-corrected chi connectivity index (χ1v) is 11.3. The van der Waals surface area contributed by atoms with Crippen molar-refractivity contribution >= 4 is 50.2 Å². The fourth-order valence-electron chi connectivity index (χ4n) is 3.28. The summed E-state index contributed by atoms with van der Waals surface area (Å²) >= 11 is 3.07. The van der Waals surface area contributed by atoms with Gasteiger partial charge >= 0.3 is 0 Å². The standard InChI is InChI=1S/C20H23N5OS2/c1-14-7-6-8-15(11-14)23-16(26)12-27-19-17-18(21-13-22-19)24-20(28-17)25-9-4-2-3-5-10-25/h6-8,11,13H,2-5,9-10,12H2,1H3,(H,23,26). The van der Waals surface area contributed by atoms with Crippen molar-refractivity contribution in [1.29, 1.82) is 0 Å². The first-order chi connectivity index (χ1) is 13.7. The molecule has 1 aliphatic heterocycles. The monoisotopic (exact) mass is 413 g/mol. The Morgan fingerprint density at radius 2 is 2.04 bits per heavy atom. The number of carbonyl (C=O) groups excluding carboxylic acids is 1. The normalized spacial score (nSPS) is 14.8. The quantitative estimate of drug-likeness (QED) is 0.490. The van der Waals surface area contributed by atoms with Crippen LogP contribution in [0.4, 0.5) is 10.8 Å². The molecule has 0 saturated carbocycles. The van der Waals surface area contributed by atoms with Crippen molar-refractivity contribution in [2.75, 3.05) is 29.1 Å². The van der Waals surface area contributed by atoms with Crippen molar-refractivity contribution in [1.82, 2.24) is 15.0 Å². The minimum Gasteiger partial charge on any atom is -0.348 e. The second-order valence-electron chi connectivity index (χ2n) is 6.94. The Morgan fingerprint density at radius 1 is 1.21 bits per heavy atom. The number of thioether (sulfide) groups is 1. The molecule has 1 saturated heterocycles. The number of thiazole rings is 1. The summed E-state index contributed by atoms with van der Waals surface area (Å²) in [5, 5.41) is 4.78. The van der Waals surface area contributed by atoms with Crippen LogP contribution >= 0.6 is 23.1 Å². The molecule has 3 aromatic rings. The van der Waals surface area contributed by atoms with E-state index in [1.807, 2.05) is 31.2 Å². The van der Waals surface area contributed by atoms with Crippen LogP contribution in [0.25, 0.3) is 10.3 Å². The van der Waals surface area contributed by atoms with Gasteiger partial charge in [-0.1, -0.05) is 48.1 Å². The van der Waals surface area contributed by atoms with Gasteiger partial charge in [0.1, 0.15) is 16.1 Å². The van der Waals surface area contributed by atoms with Gasteiger partial charge in [0, 0.05) is 18.8 Å². The average molecular weight is 414 g/mol. The fraction of sp³-hybridized carbons (Fsp3) is 0.400. The summed E-state index contributed by atoms with van der Waals surface area (Å²) < 4.78 is 0.968. The zero-order valence-electron chi connectivity index (χ0n) is 15.9. The van der Waals surface area contributed by atoms with Gasteiger partial charge < -0.3 is 10.2 Å². The average Bonchev–Trinajstić information content (AvgIpc) is 2.93. The minimum atomic E-state index is -0.0420. The van der Waals surface area contributed by atoms with Crippen molar-refractivity contribution in [3.8, 4) is 0 Å². The fourth-order valence-corrected chi connectivity index (χ4v) is 5.22. The van der Waals surface area contributed by atoms with E-state index in [-0.39, 0.29) is 5.91 Å². The number of carbonyl (C=O) groups is 1. The van der Waals surface area contributed by atoms with Gasteiger partial charge in [-0.25, -0.2) is 9.97 Å². The molecule has 4 rings (SSSR count). The van der Waals surface area contributed by atoms with Crippen LogP contribution in [0.1, 0.15) is 31.2 Å². The van der Waals surface area contributed by atoms with E-state index in [1.54, 1.807) is 11.3 Å². The molecule has 1 aliphatic rings. The van der Waals surface area contributed by atoms with E-state index in [2.05, 4.69) is 20.2 Å². The molecule has 1 N–H and O–H groups in total. The summed E-state index contributed by atoms with van der Waals surface area (Å²) in [6.45, 7) is 4.11. The Morgan fingerprint density at radius 3 is 2.82 bits per heavy atom. The highest BCUT2D eigenvalue weighted by atomic mass is 32.2. The summed E-state index contributed by atoms with van der Waals surface area (Å²) in [5.41, 5.74) is 2.66. The number of fused-ring (bicyclic) bond motifs is 1. The van der Waals surface area contributed by atoms with E-state index in [0.29, 0.717) is 5.75 Å². The summed E-state index contributed by atoms with van der Waals surface area (Å²) in [5.74, 6) is 0.261. The van der Waals surface area contributed by atoms with Crippen molar-refractivity contribution in [2.45, 2.75) is 37.6 Å². The molecule has 6 nitrogen and oxygen atoms in total. The van der Waals surface area contributed by atoms with E-state index in [9.17, 15) is 4.79 Å². The number of nitrogens with zero attached hydrogens (tertiary/aromatic N) is 4. The summed E-state index contributed by atoms with van der Waals surface area (Å²) in [4.78, 5) is 28.1. The number of rotatable bonds is 5. The smallest absolute Gasteiger partial charge is 0.234 e. The highest BCUT2D eigenvalue weighted by molar-refractivity contribution is 8.00. The minimum absolute atomic E-state index is 0.0420. The molecule has 1 aromatic carbocycles. The second kappa shape index (κ2) is 8.87. The maximum absolute atomic E-state index is 12.3. The third-order valence-corrected chi connectivity index (χ3v) is 6.90.